The normalized spacial score (nSPS) is 49.1. The van der Waals surface area contributed by atoms with E-state index in [1.165, 1.54) is 55.4 Å². The van der Waals surface area contributed by atoms with Crippen LogP contribution in [0.3, 0.4) is 0 Å². The van der Waals surface area contributed by atoms with Gasteiger partial charge in [-0.15, -0.1) is 0 Å². The summed E-state index contributed by atoms with van der Waals surface area (Å²) in [5, 5.41) is 0. The molecule has 0 bridgehead atoms. The van der Waals surface area contributed by atoms with Gasteiger partial charge in [-0.2, -0.15) is 0 Å². The van der Waals surface area contributed by atoms with Gasteiger partial charge in [0.05, 0.1) is 82.8 Å². The predicted octanol–water partition coefficient (Wildman–Crippen LogP) is 14.3. The van der Waals surface area contributed by atoms with E-state index in [0.717, 1.165) is 54.8 Å². The summed E-state index contributed by atoms with van der Waals surface area (Å²) in [5.74, 6) is -49.5. The molecule has 120 heavy (non-hydrogen) atoms. The zero-order chi connectivity index (χ0) is 161. The summed E-state index contributed by atoms with van der Waals surface area (Å²) in [6, 6.07) is -32.8. The molecule has 8 N–H and O–H groups in total. The Morgan fingerprint density at radius 2 is 0.675 bits per heavy atom. The molecule has 0 amide bonds. The first-order valence-corrected chi connectivity index (χ1v) is 36.1. The SMILES string of the molecule is [2H]C([2H])([2H])C([2H])(C([2H])([2H])[2H])[C@]([2H])(N)C(=O)OC1([2H])C([2H])([2H])C2([2H])c3cc(OC)c(OC)cc3C([2H])([2H])C([2H])([2H])N2C([2H])([2H])C1([2H])CC(C)C.[2H]c1c(OC)c(OC([2H])([2H])[2H])c([2H])c2c1C1N(C([2H])([2H])C2([2H])[2H])C([2H])([2H])C([2H])(CC(C)C)C(OC(=O)[C@@]([2H])(N)C([2H])(C([2H])([2H])[2H])C([2H])([2H])[2H])C1([2H])[2H].[2H]c1c(OC)c(OC([2H])([2H])[2H])cc2c1C1([2H])N(C([2H])([2H])C2([2H])[2H])C([2H])([2H])C([2H])(CC(C)C)C([2H])(OC(=O)[C@@]([2H])(N)C([2H])(C([2H])([2H])[2H])C([2H])([2H])[2H])C1([2H])[2H].[2H]c1c(OC)c(OC)c([2H])c2c1C1N(C([2H])([2H])C2([2H])[2H])C([2H])([2H])C([2H])(CC(C)C)C(OC(=O)[C@@]([2H])(N)C([2H])(C([2H])([2H])[2H])C([2H])([2H])[2H])C1([2H])[2H]. The van der Waals surface area contributed by atoms with Crippen LogP contribution < -0.4 is 60.8 Å². The molecule has 4 fully saturated rings. The monoisotopic (exact) mass is 1760 g/mol. The minimum absolute atomic E-state index is 0.0424. The van der Waals surface area contributed by atoms with E-state index >= 15 is 0 Å². The molecule has 8 aliphatic rings. The molecule has 4 aromatic rings. The summed E-state index contributed by atoms with van der Waals surface area (Å²) in [4.78, 5) is 54.5. The molecular weight excluding hydrogens is 1520 g/mol. The highest BCUT2D eigenvalue weighted by Gasteiger charge is 2.47. The van der Waals surface area contributed by atoms with Gasteiger partial charge in [-0.05, 0) is 191 Å². The summed E-state index contributed by atoms with van der Waals surface area (Å²) >= 11 is 0. The van der Waals surface area contributed by atoms with Gasteiger partial charge in [0.1, 0.15) is 48.4 Å². The second-order valence-corrected chi connectivity index (χ2v) is 27.9. The summed E-state index contributed by atoms with van der Waals surface area (Å²) < 4.78 is 767. The number of ether oxygens (including phenoxy) is 12. The van der Waals surface area contributed by atoms with Crippen molar-refractivity contribution in [1.82, 2.24) is 19.6 Å². The number of hydrogen-bond donors (Lipinski definition) is 4. The van der Waals surface area contributed by atoms with Gasteiger partial charge in [-0.25, -0.2) is 0 Å². The lowest BCUT2D eigenvalue weighted by Crippen LogP contribution is -2.51. The van der Waals surface area contributed by atoms with E-state index in [-0.39, 0.29) is 26.2 Å². The van der Waals surface area contributed by atoms with Crippen molar-refractivity contribution in [3.8, 4) is 46.0 Å². The molecule has 12 unspecified atom stereocenters. The van der Waals surface area contributed by atoms with E-state index < -0.39 is 479 Å². The predicted molar refractivity (Wildman–Crippen MR) is 471 cm³/mol. The number of hydrogen-bond acceptors (Lipinski definition) is 24. The topological polar surface area (TPSA) is 296 Å². The van der Waals surface area contributed by atoms with Gasteiger partial charge in [0.15, 0.2) is 46.0 Å². The standard InChI is InChI=1S/4C24H38N2O4/c4*1-14(2)9-17-13-26-8-7-16-10-21(28-5)22(29-6)11-18(16)19(26)12-20(17)30-24(27)23(25)15(3)4/h4*10-11,14-15,17,19-20,23H,7-9,12-13,25H2,1-6H3/t4*17?,19?,20?,23-/m0000/s1/i3D3,4D3,5D3,7D2,8D2,11D,12D2,13D2,15D,17D,19D,20D,23D;3D3,4D3,5D3,7D2,8D2,10D,11D,12D2,13D2,15D,17D,23D;3D3,4D3,7D2,8D2,12D2,13D2,15D,17D,19D,20D,23D;3D3,4D3,7D2,8D2,10D,11D,12D2,13D2,15D,17D,23D. The number of nitrogens with two attached hydrogens (primary N) is 4. The van der Waals surface area contributed by atoms with Crippen molar-refractivity contribution in [3.05, 3.63) is 92.9 Å². The maximum atomic E-state index is 13.9. The Kier molecular flexibility index (Phi) is 12.4. The Balaban J connectivity index is 0.000000293. The van der Waals surface area contributed by atoms with Gasteiger partial charge in [0.2, 0.25) is 0 Å². The van der Waals surface area contributed by atoms with Crippen molar-refractivity contribution in [2.45, 2.75) is 259 Å². The van der Waals surface area contributed by atoms with E-state index in [0.29, 0.717) is 6.07 Å². The summed E-state index contributed by atoms with van der Waals surface area (Å²) in [7, 11) is -0.633. The third-order valence-corrected chi connectivity index (χ3v) is 17.3. The van der Waals surface area contributed by atoms with Crippen molar-refractivity contribution in [2.75, 3.05) is 109 Å². The number of piperidine rings is 4. The van der Waals surface area contributed by atoms with Crippen LogP contribution in [0.15, 0.2) is 48.4 Å². The maximum Gasteiger partial charge on any atom is 0.323 e. The maximum absolute atomic E-state index is 13.9. The first-order valence-electron chi connectivity index (χ1n) is 77.6. The fourth-order valence-corrected chi connectivity index (χ4v) is 11.7. The van der Waals surface area contributed by atoms with Gasteiger partial charge < -0.3 is 79.8 Å². The molecule has 24 heteroatoms. The van der Waals surface area contributed by atoms with E-state index in [1.54, 1.807) is 0 Å². The number of carbonyl (C=O) groups is 4. The molecular formula is C96H152N8O16. The third kappa shape index (κ3) is 23.8. The lowest BCUT2D eigenvalue weighted by Gasteiger charge is -2.47. The Morgan fingerprint density at radius 1 is 0.383 bits per heavy atom. The number of fused-ring (bicyclic) bond motifs is 12. The molecule has 0 saturated carbocycles. The molecule has 4 saturated heterocycles. The first kappa shape index (κ1) is 34.0. The fourth-order valence-electron chi connectivity index (χ4n) is 11.7. The molecule has 8 heterocycles. The van der Waals surface area contributed by atoms with Gasteiger partial charge in [0, 0.05) is 213 Å². The van der Waals surface area contributed by atoms with Crippen LogP contribution in [0.1, 0.15) is 344 Å². The second-order valence-electron chi connectivity index (χ2n) is 27.9. The number of esters is 4. The van der Waals surface area contributed by atoms with Crippen LogP contribution in [0.2, 0.25) is 0 Å². The van der Waals surface area contributed by atoms with Crippen LogP contribution in [0.25, 0.3) is 0 Å². The minimum Gasteiger partial charge on any atom is -0.493 e. The number of nitrogens with zero attached hydrogens (tertiary/aromatic N) is 4. The van der Waals surface area contributed by atoms with E-state index in [9.17, 15) is 52.1 Å². The number of benzene rings is 4. The molecule has 8 aliphatic heterocycles. The minimum atomic E-state index is -4.34. The summed E-state index contributed by atoms with van der Waals surface area (Å²) in [5.41, 5.74) is 14.5. The molecule has 4 aromatic carbocycles. The van der Waals surface area contributed by atoms with Crippen molar-refractivity contribution in [1.29, 1.82) is 0 Å². The fraction of sp³-hybridized carbons (Fsp3) is 0.708. The largest absolute Gasteiger partial charge is 0.493 e. The number of rotatable bonds is 28. The van der Waals surface area contributed by atoms with E-state index in [1.807, 2.05) is 0 Å². The molecule has 24 nitrogen and oxygen atoms in total. The highest BCUT2D eigenvalue weighted by Crippen LogP contribution is 2.50. The Hall–Kier alpha value is -7.16. The lowest BCUT2D eigenvalue weighted by molar-refractivity contribution is -0.161. The smallest absolute Gasteiger partial charge is 0.323 e. The molecule has 0 spiro atoms. The average Bonchev–Trinajstić information content (AvgIpc) is 0.644. The molecule has 12 rings (SSSR count). The number of carbonyl (C=O) groups excluding carboxylic acids is 4. The Labute approximate surface area is 835 Å². The molecule has 672 valence electrons. The van der Waals surface area contributed by atoms with Crippen LogP contribution in [0.4, 0.5) is 0 Å². The molecule has 0 aromatic heterocycles. The van der Waals surface area contributed by atoms with Crippen LogP contribution >= 0.6 is 0 Å². The zero-order valence-corrected chi connectivity index (χ0v) is 67.3. The number of aryl methyl sites for hydroxylation is 2. The highest BCUT2D eigenvalue weighted by atomic mass is 16.6. The first-order chi connectivity index (χ1) is 89.0. The Bertz CT molecular complexity index is 7970. The van der Waals surface area contributed by atoms with Gasteiger partial charge >= 0.3 is 23.9 Å². The summed E-state index contributed by atoms with van der Waals surface area (Å²) in [6.07, 6.45) is -47.4. The highest BCUT2D eigenvalue weighted by molar-refractivity contribution is 5.77. The van der Waals surface area contributed by atoms with E-state index in [4.69, 9.17) is 161 Å². The van der Waals surface area contributed by atoms with E-state index in [2.05, 4.69) is 0 Å². The molecule has 0 aliphatic carbocycles. The molecule has 16 atom stereocenters. The van der Waals surface area contributed by atoms with Crippen LogP contribution in [-0.4, -0.2) is 201 Å². The van der Waals surface area contributed by atoms with Crippen molar-refractivity contribution >= 4 is 23.9 Å². The summed E-state index contributed by atoms with van der Waals surface area (Å²) in [6.45, 7) is -51.5. The van der Waals surface area contributed by atoms with Crippen molar-refractivity contribution in [3.63, 3.8) is 0 Å². The third-order valence-electron chi connectivity index (χ3n) is 17.3. The Morgan fingerprint density at radius 3 is 1.05 bits per heavy atom. The lowest BCUT2D eigenvalue weighted by atomic mass is 9.79. The molecule has 0 radical (unpaired) electrons. The van der Waals surface area contributed by atoms with Gasteiger partial charge in [-0.1, -0.05) is 110 Å². The number of methoxy groups -OCH3 is 8. The quantitative estimate of drug-likeness (QED) is 0.0303. The average molecular weight is 1760 g/mol. The zero-order valence-electron chi connectivity index (χ0n) is 150. The van der Waals surface area contributed by atoms with Gasteiger partial charge in [0.25, 0.3) is 0 Å². The van der Waals surface area contributed by atoms with Gasteiger partial charge in [-0.3, -0.25) is 38.8 Å². The van der Waals surface area contributed by atoms with Crippen LogP contribution in [0, 0.1) is 70.8 Å². The second kappa shape index (κ2) is 43.9. The van der Waals surface area contributed by atoms with Crippen LogP contribution in [-0.2, 0) is 63.6 Å². The van der Waals surface area contributed by atoms with Crippen molar-refractivity contribution < 1.29 is 190 Å². The van der Waals surface area contributed by atoms with Crippen LogP contribution in [0.5, 0.6) is 46.0 Å². The van der Waals surface area contributed by atoms with Crippen molar-refractivity contribution in [2.24, 2.45) is 93.8 Å².